The van der Waals surface area contributed by atoms with Gasteiger partial charge in [0.1, 0.15) is 5.15 Å². The number of anilines is 1. The van der Waals surface area contributed by atoms with Crippen LogP contribution in [0.25, 0.3) is 0 Å². The molecule has 0 aromatic carbocycles. The summed E-state index contributed by atoms with van der Waals surface area (Å²) >= 11 is 6.08. The first-order chi connectivity index (χ1) is 11.7. The Hall–Kier alpha value is -1.28. The van der Waals surface area contributed by atoms with E-state index in [1.807, 2.05) is 6.07 Å². The smallest absolute Gasteiger partial charge is 0.131 e. The van der Waals surface area contributed by atoms with Gasteiger partial charge in [-0.3, -0.25) is 0 Å². The number of hydrogen-bond acceptors (Lipinski definition) is 4. The molecular formula is C19H25ClN2O2. The van der Waals surface area contributed by atoms with Gasteiger partial charge < -0.3 is 15.2 Å². The summed E-state index contributed by atoms with van der Waals surface area (Å²) in [6.45, 7) is 3.16. The molecule has 1 aliphatic carbocycles. The second-order valence-electron chi connectivity index (χ2n) is 6.84. The van der Waals surface area contributed by atoms with Crippen molar-refractivity contribution in [3.05, 3.63) is 23.0 Å². The monoisotopic (exact) mass is 348 g/mol. The van der Waals surface area contributed by atoms with Crippen LogP contribution in [0, 0.1) is 23.7 Å². The van der Waals surface area contributed by atoms with Crippen molar-refractivity contribution in [2.24, 2.45) is 11.8 Å². The summed E-state index contributed by atoms with van der Waals surface area (Å²) in [5.74, 6) is 7.34. The fraction of sp³-hybridized carbons (Fsp3) is 0.632. The third-order valence-corrected chi connectivity index (χ3v) is 5.31. The van der Waals surface area contributed by atoms with Crippen molar-refractivity contribution in [2.75, 3.05) is 18.5 Å². The maximum atomic E-state index is 9.27. The van der Waals surface area contributed by atoms with Gasteiger partial charge in [-0.1, -0.05) is 23.4 Å². The molecule has 1 saturated heterocycles. The molecule has 0 amide bonds. The molecule has 2 heterocycles. The van der Waals surface area contributed by atoms with Gasteiger partial charge in [0.05, 0.1) is 17.4 Å². The Morgan fingerprint density at radius 2 is 2.12 bits per heavy atom. The molecule has 130 valence electrons. The maximum absolute atomic E-state index is 9.27. The summed E-state index contributed by atoms with van der Waals surface area (Å²) in [5.41, 5.74) is 1.85. The van der Waals surface area contributed by atoms with Crippen LogP contribution in [0.5, 0.6) is 0 Å². The summed E-state index contributed by atoms with van der Waals surface area (Å²) in [4.78, 5) is 4.18. The van der Waals surface area contributed by atoms with Crippen molar-refractivity contribution >= 4 is 17.3 Å². The van der Waals surface area contributed by atoms with Crippen molar-refractivity contribution < 1.29 is 9.84 Å². The Labute approximate surface area is 149 Å². The number of aromatic nitrogens is 1. The molecule has 2 aliphatic rings. The SMILES string of the molecule is C[C@@H]1OCC[C@H]1C#Cc1cnc(Cl)cc1NC1CCC(CO)CC1. The van der Waals surface area contributed by atoms with Gasteiger partial charge in [-0.15, -0.1) is 0 Å². The first-order valence-corrected chi connectivity index (χ1v) is 9.19. The molecule has 0 radical (unpaired) electrons. The Kier molecular flexibility index (Phi) is 5.99. The summed E-state index contributed by atoms with van der Waals surface area (Å²) in [6.07, 6.45) is 7.18. The molecule has 24 heavy (non-hydrogen) atoms. The third kappa shape index (κ3) is 4.42. The van der Waals surface area contributed by atoms with Gasteiger partial charge in [-0.2, -0.15) is 0 Å². The van der Waals surface area contributed by atoms with E-state index in [0.717, 1.165) is 50.0 Å². The lowest BCUT2D eigenvalue weighted by atomic mass is 9.86. The number of aliphatic hydroxyl groups is 1. The summed E-state index contributed by atoms with van der Waals surface area (Å²) in [5, 5.41) is 13.3. The highest BCUT2D eigenvalue weighted by Crippen LogP contribution is 2.28. The van der Waals surface area contributed by atoms with E-state index in [1.54, 1.807) is 6.20 Å². The molecule has 3 rings (SSSR count). The molecular weight excluding hydrogens is 324 g/mol. The van der Waals surface area contributed by atoms with E-state index >= 15 is 0 Å². The Balaban J connectivity index is 1.71. The molecule has 1 saturated carbocycles. The van der Waals surface area contributed by atoms with E-state index in [4.69, 9.17) is 16.3 Å². The Morgan fingerprint density at radius 1 is 1.33 bits per heavy atom. The molecule has 4 nitrogen and oxygen atoms in total. The zero-order valence-corrected chi connectivity index (χ0v) is 14.9. The number of halogens is 1. The zero-order chi connectivity index (χ0) is 16.9. The van der Waals surface area contributed by atoms with Crippen LogP contribution in [-0.4, -0.2) is 35.5 Å². The molecule has 2 atom stereocenters. The van der Waals surface area contributed by atoms with Crippen LogP contribution >= 0.6 is 11.6 Å². The maximum Gasteiger partial charge on any atom is 0.131 e. The Bertz CT molecular complexity index is 618. The second kappa shape index (κ2) is 8.20. The van der Waals surface area contributed by atoms with Crippen LogP contribution in [-0.2, 0) is 4.74 Å². The second-order valence-corrected chi connectivity index (χ2v) is 7.22. The average molecular weight is 349 g/mol. The fourth-order valence-corrected chi connectivity index (χ4v) is 3.61. The third-order valence-electron chi connectivity index (χ3n) is 5.10. The predicted molar refractivity (Wildman–Crippen MR) is 96.1 cm³/mol. The van der Waals surface area contributed by atoms with E-state index in [0.29, 0.717) is 23.7 Å². The first-order valence-electron chi connectivity index (χ1n) is 8.81. The highest BCUT2D eigenvalue weighted by Gasteiger charge is 2.23. The van der Waals surface area contributed by atoms with Gasteiger partial charge in [0.2, 0.25) is 0 Å². The van der Waals surface area contributed by atoms with Gasteiger partial charge in [0.25, 0.3) is 0 Å². The zero-order valence-electron chi connectivity index (χ0n) is 14.1. The normalized spacial score (nSPS) is 29.8. The lowest BCUT2D eigenvalue weighted by molar-refractivity contribution is 0.115. The highest BCUT2D eigenvalue weighted by atomic mass is 35.5. The molecule has 1 aromatic heterocycles. The minimum absolute atomic E-state index is 0.197. The number of aliphatic hydroxyl groups excluding tert-OH is 1. The van der Waals surface area contributed by atoms with Crippen LogP contribution in [0.15, 0.2) is 12.3 Å². The number of ether oxygens (including phenoxy) is 1. The quantitative estimate of drug-likeness (QED) is 0.648. The van der Waals surface area contributed by atoms with Crippen molar-refractivity contribution in [3.8, 4) is 11.8 Å². The minimum atomic E-state index is 0.197. The number of pyridine rings is 1. The number of hydrogen-bond donors (Lipinski definition) is 2. The van der Waals surface area contributed by atoms with E-state index < -0.39 is 0 Å². The van der Waals surface area contributed by atoms with Crippen molar-refractivity contribution in [1.29, 1.82) is 0 Å². The molecule has 0 spiro atoms. The molecule has 2 N–H and O–H groups in total. The molecule has 2 fully saturated rings. The van der Waals surface area contributed by atoms with Crippen LogP contribution in [0.4, 0.5) is 5.69 Å². The molecule has 0 unspecified atom stereocenters. The average Bonchev–Trinajstić information content (AvgIpc) is 3.00. The van der Waals surface area contributed by atoms with Gasteiger partial charge in [0.15, 0.2) is 0 Å². The standard InChI is InChI=1S/C19H25ClN2O2/c1-13-15(8-9-24-13)4-5-16-11-21-19(20)10-18(16)22-17-6-2-14(12-23)3-7-17/h10-11,13-15,17,23H,2-3,6-9,12H2,1H3,(H,21,22)/t13-,14?,15+,17?/m0/s1. The molecule has 5 heteroatoms. The minimum Gasteiger partial charge on any atom is -0.396 e. The summed E-state index contributed by atoms with van der Waals surface area (Å²) < 4.78 is 5.57. The Morgan fingerprint density at radius 3 is 2.79 bits per heavy atom. The van der Waals surface area contributed by atoms with Gasteiger partial charge in [-0.05, 0) is 51.0 Å². The topological polar surface area (TPSA) is 54.4 Å². The van der Waals surface area contributed by atoms with E-state index in [-0.39, 0.29) is 12.0 Å². The van der Waals surface area contributed by atoms with Gasteiger partial charge in [-0.25, -0.2) is 4.98 Å². The summed E-state index contributed by atoms with van der Waals surface area (Å²) in [7, 11) is 0. The first kappa shape index (κ1) is 17.5. The van der Waals surface area contributed by atoms with Crippen LogP contribution in [0.2, 0.25) is 5.15 Å². The molecule has 1 aromatic rings. The predicted octanol–water partition coefficient (Wildman–Crippen LogP) is 3.47. The summed E-state index contributed by atoms with van der Waals surface area (Å²) in [6, 6.07) is 2.26. The van der Waals surface area contributed by atoms with E-state index in [1.165, 1.54) is 0 Å². The van der Waals surface area contributed by atoms with Crippen LogP contribution in [0.3, 0.4) is 0 Å². The van der Waals surface area contributed by atoms with Crippen molar-refractivity contribution in [2.45, 2.75) is 51.2 Å². The van der Waals surface area contributed by atoms with Gasteiger partial charge >= 0.3 is 0 Å². The number of nitrogens with one attached hydrogen (secondary N) is 1. The largest absolute Gasteiger partial charge is 0.396 e. The fourth-order valence-electron chi connectivity index (χ4n) is 3.45. The number of rotatable bonds is 3. The van der Waals surface area contributed by atoms with Crippen molar-refractivity contribution in [3.63, 3.8) is 0 Å². The van der Waals surface area contributed by atoms with E-state index in [9.17, 15) is 5.11 Å². The lowest BCUT2D eigenvalue weighted by Crippen LogP contribution is -2.27. The van der Waals surface area contributed by atoms with Gasteiger partial charge in [0, 0.05) is 31.4 Å². The highest BCUT2D eigenvalue weighted by molar-refractivity contribution is 6.29. The van der Waals surface area contributed by atoms with Crippen LogP contribution in [0.1, 0.15) is 44.6 Å². The number of nitrogens with zero attached hydrogens (tertiary/aromatic N) is 1. The van der Waals surface area contributed by atoms with E-state index in [2.05, 4.69) is 29.1 Å². The lowest BCUT2D eigenvalue weighted by Gasteiger charge is -2.29. The molecule has 0 bridgehead atoms. The van der Waals surface area contributed by atoms with Crippen molar-refractivity contribution in [1.82, 2.24) is 4.98 Å². The molecule has 1 aliphatic heterocycles. The van der Waals surface area contributed by atoms with Crippen LogP contribution < -0.4 is 5.32 Å².